The number of aromatic nitrogens is 2. The maximum atomic E-state index is 5.80. The molecule has 4 heteroatoms. The molecular weight excluding hydrogens is 286 g/mol. The van der Waals surface area contributed by atoms with Gasteiger partial charge in [0.1, 0.15) is 17.3 Å². The minimum Gasteiger partial charge on any atom is -0.464 e. The lowest BCUT2D eigenvalue weighted by atomic mass is 10.2. The second-order valence-electron chi connectivity index (χ2n) is 5.72. The number of hydrogen-bond acceptors (Lipinski definition) is 3. The van der Waals surface area contributed by atoms with Crippen LogP contribution in [-0.2, 0) is 19.5 Å². The zero-order chi connectivity index (χ0) is 16.1. The van der Waals surface area contributed by atoms with E-state index in [4.69, 9.17) is 4.42 Å². The fourth-order valence-electron chi connectivity index (χ4n) is 2.59. The Kier molecular flexibility index (Phi) is 4.93. The van der Waals surface area contributed by atoms with E-state index in [9.17, 15) is 0 Å². The lowest BCUT2D eigenvalue weighted by Crippen LogP contribution is -2.20. The summed E-state index contributed by atoms with van der Waals surface area (Å²) in [5.74, 6) is 3.03. The van der Waals surface area contributed by atoms with Crippen molar-refractivity contribution in [1.82, 2.24) is 14.9 Å². The maximum Gasteiger partial charge on any atom is 0.122 e. The number of aryl methyl sites for hydroxylation is 1. The largest absolute Gasteiger partial charge is 0.464 e. The Morgan fingerprint density at radius 2 is 2.00 bits per heavy atom. The average Bonchev–Trinajstić information content (AvgIpc) is 3.23. The molecule has 4 nitrogen and oxygen atoms in total. The molecule has 0 spiro atoms. The molecule has 1 N–H and O–H groups in total. The summed E-state index contributed by atoms with van der Waals surface area (Å²) >= 11 is 0. The number of hydrogen-bond donors (Lipinski definition) is 1. The summed E-state index contributed by atoms with van der Waals surface area (Å²) in [5.41, 5.74) is 1.28. The second kappa shape index (κ2) is 7.29. The van der Waals surface area contributed by atoms with Crippen molar-refractivity contribution in [2.45, 2.75) is 39.4 Å². The fourth-order valence-corrected chi connectivity index (χ4v) is 2.59. The van der Waals surface area contributed by atoms with E-state index < -0.39 is 0 Å². The second-order valence-corrected chi connectivity index (χ2v) is 5.72. The van der Waals surface area contributed by atoms with Crippen LogP contribution in [-0.4, -0.2) is 9.55 Å². The van der Waals surface area contributed by atoms with Gasteiger partial charge in [0.05, 0.1) is 12.6 Å². The predicted octanol–water partition coefficient (Wildman–Crippen LogP) is 3.94. The summed E-state index contributed by atoms with van der Waals surface area (Å²) in [4.78, 5) is 4.47. The van der Waals surface area contributed by atoms with Gasteiger partial charge in [-0.15, -0.1) is 0 Å². The number of nitrogens with zero attached hydrogens (tertiary/aromatic N) is 2. The minimum atomic E-state index is 0.164. The molecule has 0 bridgehead atoms. The van der Waals surface area contributed by atoms with Gasteiger partial charge >= 0.3 is 0 Å². The smallest absolute Gasteiger partial charge is 0.122 e. The van der Waals surface area contributed by atoms with Gasteiger partial charge in [0.15, 0.2) is 0 Å². The quantitative estimate of drug-likeness (QED) is 0.719. The molecular formula is C19H23N3O. The molecule has 0 amide bonds. The van der Waals surface area contributed by atoms with Gasteiger partial charge in [0, 0.05) is 25.4 Å². The first-order valence-corrected chi connectivity index (χ1v) is 8.12. The van der Waals surface area contributed by atoms with Crippen molar-refractivity contribution in [2.75, 3.05) is 0 Å². The summed E-state index contributed by atoms with van der Waals surface area (Å²) in [6, 6.07) is 14.7. The van der Waals surface area contributed by atoms with Gasteiger partial charge in [-0.1, -0.05) is 37.3 Å². The summed E-state index contributed by atoms with van der Waals surface area (Å²) in [7, 11) is 0. The van der Waals surface area contributed by atoms with Crippen LogP contribution in [0.2, 0.25) is 0 Å². The molecule has 0 saturated carbocycles. The zero-order valence-electron chi connectivity index (χ0n) is 13.7. The van der Waals surface area contributed by atoms with Gasteiger partial charge in [0.25, 0.3) is 0 Å². The van der Waals surface area contributed by atoms with Gasteiger partial charge < -0.3 is 14.3 Å². The van der Waals surface area contributed by atoms with Crippen LogP contribution in [0.25, 0.3) is 0 Å². The van der Waals surface area contributed by atoms with Crippen LogP contribution in [0.3, 0.4) is 0 Å². The van der Waals surface area contributed by atoms with Gasteiger partial charge in [-0.05, 0) is 24.6 Å². The van der Waals surface area contributed by atoms with Crippen LogP contribution >= 0.6 is 0 Å². The van der Waals surface area contributed by atoms with E-state index in [0.29, 0.717) is 6.54 Å². The highest BCUT2D eigenvalue weighted by atomic mass is 16.3. The summed E-state index contributed by atoms with van der Waals surface area (Å²) in [6.45, 7) is 5.76. The average molecular weight is 309 g/mol. The molecule has 120 valence electrons. The number of nitrogens with one attached hydrogen (secondary N) is 1. The van der Waals surface area contributed by atoms with E-state index >= 15 is 0 Å². The highest BCUT2D eigenvalue weighted by Gasteiger charge is 2.11. The van der Waals surface area contributed by atoms with E-state index in [2.05, 4.69) is 53.0 Å². The van der Waals surface area contributed by atoms with E-state index in [1.165, 1.54) is 5.56 Å². The summed E-state index contributed by atoms with van der Waals surface area (Å²) in [5, 5.41) is 3.49. The highest BCUT2D eigenvalue weighted by molar-refractivity contribution is 5.16. The SMILES string of the molecule is CCc1ccc([C@@H](C)NCc2nccn2Cc2ccccc2)o1. The van der Waals surface area contributed by atoms with Crippen molar-refractivity contribution in [3.8, 4) is 0 Å². The topological polar surface area (TPSA) is 43.0 Å². The Balaban J connectivity index is 1.61. The van der Waals surface area contributed by atoms with Crippen LogP contribution in [0.1, 0.15) is 42.8 Å². The highest BCUT2D eigenvalue weighted by Crippen LogP contribution is 2.17. The maximum absolute atomic E-state index is 5.80. The Hall–Kier alpha value is -2.33. The van der Waals surface area contributed by atoms with Crippen molar-refractivity contribution in [1.29, 1.82) is 0 Å². The molecule has 3 aromatic rings. The third-order valence-electron chi connectivity index (χ3n) is 4.02. The number of imidazole rings is 1. The van der Waals surface area contributed by atoms with Gasteiger partial charge in [-0.3, -0.25) is 0 Å². The van der Waals surface area contributed by atoms with Crippen LogP contribution in [0.15, 0.2) is 59.3 Å². The molecule has 0 unspecified atom stereocenters. The van der Waals surface area contributed by atoms with Crippen LogP contribution < -0.4 is 5.32 Å². The van der Waals surface area contributed by atoms with Crippen LogP contribution in [0.5, 0.6) is 0 Å². The molecule has 0 saturated heterocycles. The molecule has 0 radical (unpaired) electrons. The van der Waals surface area contributed by atoms with Crippen molar-refractivity contribution in [3.05, 3.63) is 77.8 Å². The molecule has 23 heavy (non-hydrogen) atoms. The standard InChI is InChI=1S/C19H23N3O/c1-3-17-9-10-18(23-17)15(2)21-13-19-20-11-12-22(19)14-16-7-5-4-6-8-16/h4-12,15,21H,3,13-14H2,1-2H3/t15-/m1/s1. The first-order valence-electron chi connectivity index (χ1n) is 8.12. The van der Waals surface area contributed by atoms with E-state index in [1.54, 1.807) is 0 Å². The zero-order valence-corrected chi connectivity index (χ0v) is 13.7. The number of furan rings is 1. The molecule has 3 rings (SSSR count). The first-order chi connectivity index (χ1) is 11.3. The molecule has 1 aromatic carbocycles. The normalized spacial score (nSPS) is 12.4. The van der Waals surface area contributed by atoms with Crippen molar-refractivity contribution < 1.29 is 4.42 Å². The van der Waals surface area contributed by atoms with Gasteiger partial charge in [0.2, 0.25) is 0 Å². The van der Waals surface area contributed by atoms with Crippen LogP contribution in [0, 0.1) is 0 Å². The molecule has 0 aliphatic rings. The lowest BCUT2D eigenvalue weighted by Gasteiger charge is -2.13. The van der Waals surface area contributed by atoms with Crippen LogP contribution in [0.4, 0.5) is 0 Å². The molecule has 0 aliphatic carbocycles. The Bertz CT molecular complexity index is 730. The molecule has 0 fully saturated rings. The molecule has 0 aliphatic heterocycles. The van der Waals surface area contributed by atoms with Gasteiger partial charge in [-0.25, -0.2) is 4.98 Å². The molecule has 1 atom stereocenters. The number of benzene rings is 1. The van der Waals surface area contributed by atoms with Crippen molar-refractivity contribution in [3.63, 3.8) is 0 Å². The Morgan fingerprint density at radius 1 is 1.17 bits per heavy atom. The minimum absolute atomic E-state index is 0.164. The van der Waals surface area contributed by atoms with Gasteiger partial charge in [-0.2, -0.15) is 0 Å². The van der Waals surface area contributed by atoms with E-state index in [0.717, 1.165) is 30.3 Å². The van der Waals surface area contributed by atoms with Crippen molar-refractivity contribution >= 4 is 0 Å². The summed E-state index contributed by atoms with van der Waals surface area (Å²) in [6.07, 6.45) is 4.80. The summed E-state index contributed by atoms with van der Waals surface area (Å²) < 4.78 is 7.98. The first kappa shape index (κ1) is 15.6. The van der Waals surface area contributed by atoms with E-state index in [1.807, 2.05) is 30.6 Å². The fraction of sp³-hybridized carbons (Fsp3) is 0.316. The molecule has 2 aromatic heterocycles. The van der Waals surface area contributed by atoms with E-state index in [-0.39, 0.29) is 6.04 Å². The molecule has 2 heterocycles. The Morgan fingerprint density at radius 3 is 2.74 bits per heavy atom. The third kappa shape index (κ3) is 3.90. The lowest BCUT2D eigenvalue weighted by molar-refractivity contribution is 0.404. The third-order valence-corrected chi connectivity index (χ3v) is 4.02. The number of rotatable bonds is 7. The monoisotopic (exact) mass is 309 g/mol. The van der Waals surface area contributed by atoms with Crippen molar-refractivity contribution in [2.24, 2.45) is 0 Å². The predicted molar refractivity (Wildman–Crippen MR) is 91.1 cm³/mol. The Labute approximate surface area is 137 Å².